The zero-order chi connectivity index (χ0) is 15.2. The van der Waals surface area contributed by atoms with E-state index in [-0.39, 0.29) is 0 Å². The van der Waals surface area contributed by atoms with Gasteiger partial charge < -0.3 is 0 Å². The van der Waals surface area contributed by atoms with Crippen molar-refractivity contribution in [2.75, 3.05) is 0 Å². The van der Waals surface area contributed by atoms with Gasteiger partial charge in [0.05, 0.1) is 0 Å². The molecule has 2 aromatic rings. The highest BCUT2D eigenvalue weighted by Crippen LogP contribution is 2.32. The molecule has 0 saturated carbocycles. The molecule has 0 bridgehead atoms. The van der Waals surface area contributed by atoms with E-state index in [1.165, 1.54) is 21.6 Å². The third-order valence-corrected chi connectivity index (χ3v) is 4.54. The third-order valence-electron chi connectivity index (χ3n) is 3.21. The topological polar surface area (TPSA) is 0 Å². The van der Waals surface area contributed by atoms with Crippen molar-refractivity contribution in [1.29, 1.82) is 0 Å². The van der Waals surface area contributed by atoms with Crippen LogP contribution in [0.25, 0.3) is 0 Å². The lowest BCUT2D eigenvalue weighted by Crippen LogP contribution is -1.89. The first-order valence-electron chi connectivity index (χ1n) is 6.89. The minimum absolute atomic E-state index is 0.768. The number of rotatable bonds is 6. The highest BCUT2D eigenvalue weighted by atomic mass is 35.5. The maximum absolute atomic E-state index is 6.06. The van der Waals surface area contributed by atoms with Gasteiger partial charge in [0.2, 0.25) is 0 Å². The summed E-state index contributed by atoms with van der Waals surface area (Å²) in [5, 5.41) is 0.768. The van der Waals surface area contributed by atoms with Crippen LogP contribution in [0.5, 0.6) is 0 Å². The Labute approximate surface area is 136 Å². The van der Waals surface area contributed by atoms with Crippen molar-refractivity contribution in [2.24, 2.45) is 0 Å². The summed E-state index contributed by atoms with van der Waals surface area (Å²) in [6, 6.07) is 14.6. The molecule has 0 amide bonds. The number of halogens is 1. The lowest BCUT2D eigenvalue weighted by Gasteiger charge is -2.09. The predicted molar refractivity (Wildman–Crippen MR) is 95.2 cm³/mol. The number of hydrogen-bond acceptors (Lipinski definition) is 1. The Morgan fingerprint density at radius 1 is 1.14 bits per heavy atom. The van der Waals surface area contributed by atoms with Crippen molar-refractivity contribution in [3.63, 3.8) is 0 Å². The highest BCUT2D eigenvalue weighted by molar-refractivity contribution is 8.03. The molecule has 0 nitrogen and oxygen atoms in total. The van der Waals surface area contributed by atoms with Crippen molar-refractivity contribution in [3.8, 4) is 0 Å². The van der Waals surface area contributed by atoms with E-state index in [2.05, 4.69) is 44.3 Å². The number of thioether (sulfide) groups is 1. The van der Waals surface area contributed by atoms with Crippen LogP contribution in [0.15, 0.2) is 71.5 Å². The minimum atomic E-state index is 0.768. The van der Waals surface area contributed by atoms with Crippen molar-refractivity contribution >= 4 is 23.4 Å². The molecule has 2 rings (SSSR count). The van der Waals surface area contributed by atoms with Crippen LogP contribution in [-0.2, 0) is 12.8 Å². The molecular formula is C19H19ClS. The Bertz CT molecular complexity index is 641. The van der Waals surface area contributed by atoms with Crippen LogP contribution in [0, 0.1) is 6.92 Å². The molecule has 0 heterocycles. The smallest absolute Gasteiger partial charge is 0.0417 e. The summed E-state index contributed by atoms with van der Waals surface area (Å²) < 4.78 is 0. The molecule has 0 aromatic heterocycles. The van der Waals surface area contributed by atoms with Gasteiger partial charge in [-0.05, 0) is 47.1 Å². The van der Waals surface area contributed by atoms with E-state index in [4.69, 9.17) is 11.6 Å². The average molecular weight is 315 g/mol. The molecule has 0 saturated heterocycles. The lowest BCUT2D eigenvalue weighted by atomic mass is 10.1. The number of hydrogen-bond donors (Lipinski definition) is 0. The van der Waals surface area contributed by atoms with E-state index in [0.29, 0.717) is 0 Å². The molecule has 0 aliphatic heterocycles. The van der Waals surface area contributed by atoms with Crippen LogP contribution in [0.3, 0.4) is 0 Å². The lowest BCUT2D eigenvalue weighted by molar-refractivity contribution is 1.21. The van der Waals surface area contributed by atoms with Gasteiger partial charge in [-0.15, -0.1) is 6.58 Å². The SMILES string of the molecule is C=CCc1ccc(CC(=C)Sc2cc(Cl)ccc2C)cc1. The van der Waals surface area contributed by atoms with Gasteiger partial charge in [-0.3, -0.25) is 0 Å². The van der Waals surface area contributed by atoms with Gasteiger partial charge in [0.25, 0.3) is 0 Å². The van der Waals surface area contributed by atoms with Gasteiger partial charge in [-0.25, -0.2) is 0 Å². The summed E-state index contributed by atoms with van der Waals surface area (Å²) in [6.45, 7) is 10.0. The quantitative estimate of drug-likeness (QED) is 0.450. The fourth-order valence-corrected chi connectivity index (χ4v) is 3.26. The molecule has 0 spiro atoms. The van der Waals surface area contributed by atoms with Gasteiger partial charge in [-0.1, -0.05) is 66.3 Å². The zero-order valence-electron chi connectivity index (χ0n) is 12.2. The molecule has 0 aliphatic rings. The minimum Gasteiger partial charge on any atom is -0.103 e. The largest absolute Gasteiger partial charge is 0.103 e. The molecule has 0 unspecified atom stereocenters. The van der Waals surface area contributed by atoms with Gasteiger partial charge >= 0.3 is 0 Å². The van der Waals surface area contributed by atoms with Crippen LogP contribution in [-0.4, -0.2) is 0 Å². The molecule has 0 fully saturated rings. The van der Waals surface area contributed by atoms with Crippen molar-refractivity contribution in [2.45, 2.75) is 24.7 Å². The summed E-state index contributed by atoms with van der Waals surface area (Å²) in [7, 11) is 0. The Morgan fingerprint density at radius 3 is 2.48 bits per heavy atom. The molecule has 2 heteroatoms. The Morgan fingerprint density at radius 2 is 1.81 bits per heavy atom. The summed E-state index contributed by atoms with van der Waals surface area (Å²) in [6.07, 6.45) is 3.70. The molecule has 108 valence electrons. The molecule has 0 aliphatic carbocycles. The maximum Gasteiger partial charge on any atom is 0.0417 e. The van der Waals surface area contributed by atoms with Crippen LogP contribution in [0.2, 0.25) is 5.02 Å². The Balaban J connectivity index is 2.01. The van der Waals surface area contributed by atoms with E-state index >= 15 is 0 Å². The monoisotopic (exact) mass is 314 g/mol. The predicted octanol–water partition coefficient (Wildman–Crippen LogP) is 6.23. The second-order valence-electron chi connectivity index (χ2n) is 5.04. The molecule has 2 aromatic carbocycles. The summed E-state index contributed by atoms with van der Waals surface area (Å²) in [5.74, 6) is 0. The standard InChI is InChI=1S/C19H19ClS/c1-4-5-16-7-9-17(10-8-16)12-15(3)21-19-13-18(20)11-6-14(19)2/h4,6-11,13H,1,3,5,12H2,2H3. The molecule has 21 heavy (non-hydrogen) atoms. The van der Waals surface area contributed by atoms with E-state index in [1.807, 2.05) is 24.3 Å². The van der Waals surface area contributed by atoms with Crippen LogP contribution in [0.4, 0.5) is 0 Å². The maximum atomic E-state index is 6.06. The van der Waals surface area contributed by atoms with Crippen LogP contribution < -0.4 is 0 Å². The molecule has 0 radical (unpaired) electrons. The van der Waals surface area contributed by atoms with E-state index in [0.717, 1.165) is 22.8 Å². The van der Waals surface area contributed by atoms with E-state index in [9.17, 15) is 0 Å². The average Bonchev–Trinajstić information content (AvgIpc) is 2.45. The fraction of sp³-hybridized carbons (Fsp3) is 0.158. The van der Waals surface area contributed by atoms with Crippen molar-refractivity contribution < 1.29 is 0 Å². The first kappa shape index (κ1) is 15.9. The molecule has 0 N–H and O–H groups in total. The number of benzene rings is 2. The van der Waals surface area contributed by atoms with Crippen molar-refractivity contribution in [3.05, 3.63) is 88.3 Å². The first-order chi connectivity index (χ1) is 10.1. The van der Waals surface area contributed by atoms with E-state index in [1.54, 1.807) is 11.8 Å². The molecular weight excluding hydrogens is 296 g/mol. The van der Waals surface area contributed by atoms with Gasteiger partial charge in [0.15, 0.2) is 0 Å². The Kier molecular flexibility index (Phi) is 5.72. The Hall–Kier alpha value is -1.44. The summed E-state index contributed by atoms with van der Waals surface area (Å²) in [5.41, 5.74) is 3.80. The molecule has 0 atom stereocenters. The van der Waals surface area contributed by atoms with Crippen LogP contribution in [0.1, 0.15) is 16.7 Å². The summed E-state index contributed by atoms with van der Waals surface area (Å²) >= 11 is 7.76. The zero-order valence-corrected chi connectivity index (χ0v) is 13.8. The second kappa shape index (κ2) is 7.53. The first-order valence-corrected chi connectivity index (χ1v) is 8.08. The summed E-state index contributed by atoms with van der Waals surface area (Å²) in [4.78, 5) is 2.30. The number of allylic oxidation sites excluding steroid dienone is 2. The van der Waals surface area contributed by atoms with Gasteiger partial charge in [0, 0.05) is 16.3 Å². The fourth-order valence-electron chi connectivity index (χ4n) is 2.06. The van der Waals surface area contributed by atoms with E-state index < -0.39 is 0 Å². The number of aryl methyl sites for hydroxylation is 1. The van der Waals surface area contributed by atoms with Gasteiger partial charge in [-0.2, -0.15) is 0 Å². The third kappa shape index (κ3) is 4.80. The van der Waals surface area contributed by atoms with Gasteiger partial charge in [0.1, 0.15) is 0 Å². The van der Waals surface area contributed by atoms with Crippen LogP contribution >= 0.6 is 23.4 Å². The highest BCUT2D eigenvalue weighted by Gasteiger charge is 2.04. The second-order valence-corrected chi connectivity index (χ2v) is 6.69. The normalized spacial score (nSPS) is 10.4. The van der Waals surface area contributed by atoms with Crippen molar-refractivity contribution in [1.82, 2.24) is 0 Å².